The van der Waals surface area contributed by atoms with Gasteiger partial charge in [-0.05, 0) is 73.5 Å². The number of aromatic hydroxyl groups is 2. The summed E-state index contributed by atoms with van der Waals surface area (Å²) in [6, 6.07) is -0.299. The quantitative estimate of drug-likeness (QED) is 0.0332. The van der Waals surface area contributed by atoms with Crippen LogP contribution in [0.2, 0.25) is 0 Å². The highest BCUT2D eigenvalue weighted by molar-refractivity contribution is 5.98. The number of aliphatic carboxylic acids is 4. The third-order valence-electron chi connectivity index (χ3n) is 10.6. The van der Waals surface area contributed by atoms with Crippen LogP contribution in [0.4, 0.5) is 0 Å². The van der Waals surface area contributed by atoms with Crippen molar-refractivity contribution in [2.45, 2.75) is 120 Å². The van der Waals surface area contributed by atoms with Gasteiger partial charge in [-0.25, -0.2) is 4.79 Å². The lowest BCUT2D eigenvalue weighted by Gasteiger charge is -2.28. The van der Waals surface area contributed by atoms with Crippen molar-refractivity contribution in [3.8, 4) is 11.5 Å². The fourth-order valence-corrected chi connectivity index (χ4v) is 6.65. The van der Waals surface area contributed by atoms with Crippen LogP contribution in [0.1, 0.15) is 76.3 Å². The molecule has 17 N–H and O–H groups in total. The van der Waals surface area contributed by atoms with Crippen LogP contribution in [0.5, 0.6) is 11.5 Å². The van der Waals surface area contributed by atoms with Gasteiger partial charge >= 0.3 is 23.9 Å². The van der Waals surface area contributed by atoms with E-state index in [0.29, 0.717) is 30.5 Å². The number of carbonyl (C=O) groups is 11. The molecule has 0 fully saturated rings. The highest BCUT2D eigenvalue weighted by Crippen LogP contribution is 2.15. The molecule has 0 aliphatic rings. The number of hydrogen-bond acceptors (Lipinski definition) is 15. The van der Waals surface area contributed by atoms with Gasteiger partial charge < -0.3 is 79.3 Å². The van der Waals surface area contributed by atoms with E-state index in [-0.39, 0.29) is 30.8 Å². The lowest BCUT2D eigenvalue weighted by molar-refractivity contribution is -0.143. The van der Waals surface area contributed by atoms with E-state index < -0.39 is 152 Å². The van der Waals surface area contributed by atoms with E-state index in [9.17, 15) is 78.3 Å². The first-order valence-corrected chi connectivity index (χ1v) is 22.4. The number of rotatable bonds is 32. The summed E-state index contributed by atoms with van der Waals surface area (Å²) in [6.07, 6.45) is -2.92. The predicted octanol–water partition coefficient (Wildman–Crippen LogP) is -2.69. The van der Waals surface area contributed by atoms with Crippen molar-refractivity contribution in [1.29, 1.82) is 0 Å². The van der Waals surface area contributed by atoms with E-state index >= 15 is 0 Å². The maximum Gasteiger partial charge on any atom is 0.326 e. The second kappa shape index (κ2) is 29.9. The summed E-state index contributed by atoms with van der Waals surface area (Å²) in [6.45, 7) is 2.72. The number of carbonyl (C=O) groups excluding carboxylic acids is 7. The predicted molar refractivity (Wildman–Crippen MR) is 248 cm³/mol. The Balaban J connectivity index is 2.44. The van der Waals surface area contributed by atoms with E-state index in [1.165, 1.54) is 48.5 Å². The minimum Gasteiger partial charge on any atom is -0.508 e. The van der Waals surface area contributed by atoms with Gasteiger partial charge in [0.2, 0.25) is 41.4 Å². The average molecular weight is 1000 g/mol. The summed E-state index contributed by atoms with van der Waals surface area (Å²) in [5.41, 5.74) is 12.2. The molecule has 0 heterocycles. The Morgan fingerprint density at radius 3 is 1.44 bits per heavy atom. The van der Waals surface area contributed by atoms with E-state index in [0.717, 1.165) is 0 Å². The molecule has 0 unspecified atom stereocenters. The summed E-state index contributed by atoms with van der Waals surface area (Å²) in [5.74, 6) is -14.2. The molecule has 2 rings (SSSR count). The Labute approximate surface area is 407 Å². The van der Waals surface area contributed by atoms with Crippen molar-refractivity contribution in [2.75, 3.05) is 13.1 Å². The van der Waals surface area contributed by atoms with Crippen LogP contribution in [0.3, 0.4) is 0 Å². The van der Waals surface area contributed by atoms with Gasteiger partial charge in [-0.3, -0.25) is 47.9 Å². The van der Waals surface area contributed by atoms with Crippen LogP contribution in [0.25, 0.3) is 0 Å². The van der Waals surface area contributed by atoms with E-state index in [1.807, 2.05) is 0 Å². The molecule has 0 radical (unpaired) electrons. The third-order valence-corrected chi connectivity index (χ3v) is 10.6. The lowest BCUT2D eigenvalue weighted by atomic mass is 9.99. The number of carboxylic acid groups (broad SMARTS) is 4. The number of phenols is 2. The monoisotopic (exact) mass is 1000 g/mol. The van der Waals surface area contributed by atoms with Crippen molar-refractivity contribution in [2.24, 2.45) is 17.4 Å². The molecule has 0 saturated carbocycles. The minimum atomic E-state index is -2.01. The number of phenolic OH excluding ortho intramolecular Hbond substituents is 2. The van der Waals surface area contributed by atoms with Crippen LogP contribution in [0.15, 0.2) is 48.5 Å². The zero-order valence-corrected chi connectivity index (χ0v) is 39.1. The molecule has 0 aliphatic carbocycles. The van der Waals surface area contributed by atoms with Gasteiger partial charge in [0.25, 0.3) is 0 Å². The summed E-state index contributed by atoms with van der Waals surface area (Å²) in [7, 11) is 0. The lowest BCUT2D eigenvalue weighted by Crippen LogP contribution is -2.60. The molecule has 2 aromatic rings. The molecular formula is C45H63N9O17. The first-order chi connectivity index (χ1) is 33.4. The number of benzene rings is 2. The smallest absolute Gasteiger partial charge is 0.326 e. The fourth-order valence-electron chi connectivity index (χ4n) is 6.65. The van der Waals surface area contributed by atoms with Crippen LogP contribution >= 0.6 is 0 Å². The van der Waals surface area contributed by atoms with E-state index in [1.54, 1.807) is 13.8 Å². The second-order valence-corrected chi connectivity index (χ2v) is 16.7. The number of nitrogens with one attached hydrogen (secondary N) is 7. The number of carboxylic acids is 4. The van der Waals surface area contributed by atoms with Gasteiger partial charge in [-0.1, -0.05) is 44.5 Å². The van der Waals surface area contributed by atoms with Gasteiger partial charge in [-0.15, -0.1) is 0 Å². The number of amides is 7. The average Bonchev–Trinajstić information content (AvgIpc) is 3.29. The van der Waals surface area contributed by atoms with Crippen molar-refractivity contribution in [3.63, 3.8) is 0 Å². The molecule has 0 aliphatic heterocycles. The van der Waals surface area contributed by atoms with E-state index in [2.05, 4.69) is 37.2 Å². The molecule has 0 spiro atoms. The molecule has 26 heteroatoms. The maximum atomic E-state index is 14.1. The highest BCUT2D eigenvalue weighted by Gasteiger charge is 2.35. The second-order valence-electron chi connectivity index (χ2n) is 16.7. The SMILES string of the molecule is CC(C)[C@H](NC(=O)[C@@H](N)CCCCN)C(=O)N[C@@H](Cc1ccc(O)cc1)C(=O)N[C@@H](CC(=O)O)C(=O)N[C@@H](CCC(=O)O)C(=O)N[C@@H](Cc1ccc(O)cc1)C(=O)NCC(=O)N[C@@H](CCC(=O)O)C(=O)O. The zero-order valence-electron chi connectivity index (χ0n) is 39.1. The summed E-state index contributed by atoms with van der Waals surface area (Å²) < 4.78 is 0. The largest absolute Gasteiger partial charge is 0.508 e. The first-order valence-electron chi connectivity index (χ1n) is 22.4. The maximum absolute atomic E-state index is 14.1. The molecule has 0 aromatic heterocycles. The number of unbranched alkanes of at least 4 members (excludes halogenated alkanes) is 1. The molecule has 0 saturated heterocycles. The normalized spacial score (nSPS) is 13.9. The standard InChI is InChI=1S/C45H63N9O17/c1-23(2)38(54-39(64)28(47)5-3-4-18-46)44(69)53-32(20-25-8-12-27(56)13-9-25)42(67)52-33(21-37(62)63)43(68)50-29(14-16-35(58)59)41(66)51-31(19-24-6-10-26(55)11-7-24)40(65)48-22-34(57)49-30(45(70)71)15-17-36(60)61/h6-13,23,28-33,38,55-56H,3-5,14-22,46-47H2,1-2H3,(H,48,65)(H,49,57)(H,50,68)(H,51,66)(H,52,67)(H,53,69)(H,54,64)(H,58,59)(H,60,61)(H,62,63)(H,70,71)/t28-,29-,30-,31-,32-,33-,38-/m0/s1. The summed E-state index contributed by atoms with van der Waals surface area (Å²) >= 11 is 0. The number of nitrogens with two attached hydrogens (primary N) is 2. The molecule has 7 amide bonds. The van der Waals surface area contributed by atoms with Gasteiger partial charge in [-0.2, -0.15) is 0 Å². The molecule has 7 atom stereocenters. The van der Waals surface area contributed by atoms with Crippen molar-refractivity contribution in [3.05, 3.63) is 59.7 Å². The van der Waals surface area contributed by atoms with E-state index in [4.69, 9.17) is 16.6 Å². The molecule has 0 bridgehead atoms. The van der Waals surface area contributed by atoms with Gasteiger partial charge in [0.1, 0.15) is 47.8 Å². The molecule has 71 heavy (non-hydrogen) atoms. The van der Waals surface area contributed by atoms with Crippen LogP contribution in [-0.2, 0) is 65.6 Å². The summed E-state index contributed by atoms with van der Waals surface area (Å²) in [5, 5.41) is 73.4. The molecule has 26 nitrogen and oxygen atoms in total. The third kappa shape index (κ3) is 22.4. The van der Waals surface area contributed by atoms with Crippen LogP contribution in [-0.4, -0.2) is 151 Å². The van der Waals surface area contributed by atoms with Crippen molar-refractivity contribution >= 4 is 65.2 Å². The zero-order chi connectivity index (χ0) is 53.4. The Kier molecular flexibility index (Phi) is 24.9. The van der Waals surface area contributed by atoms with Crippen LogP contribution < -0.4 is 48.7 Å². The van der Waals surface area contributed by atoms with Crippen LogP contribution in [0, 0.1) is 5.92 Å². The fraction of sp³-hybridized carbons (Fsp3) is 0.489. The van der Waals surface area contributed by atoms with Gasteiger partial charge in [0, 0.05) is 25.7 Å². The highest BCUT2D eigenvalue weighted by atomic mass is 16.4. The Hall–Kier alpha value is -7.87. The number of hydrogen-bond donors (Lipinski definition) is 15. The topological polar surface area (TPSA) is 445 Å². The molecule has 2 aromatic carbocycles. The van der Waals surface area contributed by atoms with Gasteiger partial charge in [0.05, 0.1) is 19.0 Å². The van der Waals surface area contributed by atoms with Gasteiger partial charge in [0.15, 0.2) is 0 Å². The Morgan fingerprint density at radius 1 is 0.507 bits per heavy atom. The Bertz CT molecular complexity index is 2190. The Morgan fingerprint density at radius 2 is 0.958 bits per heavy atom. The minimum absolute atomic E-state index is 0.138. The van der Waals surface area contributed by atoms with Crippen molar-refractivity contribution < 1.29 is 83.4 Å². The summed E-state index contributed by atoms with van der Waals surface area (Å²) in [4.78, 5) is 141. The first kappa shape index (κ1) is 59.3. The molecular weight excluding hydrogens is 939 g/mol. The van der Waals surface area contributed by atoms with Crippen molar-refractivity contribution in [1.82, 2.24) is 37.2 Å². The molecule has 390 valence electrons.